The van der Waals surface area contributed by atoms with Gasteiger partial charge in [0.25, 0.3) is 0 Å². The fourth-order valence-electron chi connectivity index (χ4n) is 6.68. The van der Waals surface area contributed by atoms with Crippen molar-refractivity contribution < 1.29 is 4.42 Å². The molecule has 0 unspecified atom stereocenters. The van der Waals surface area contributed by atoms with Gasteiger partial charge < -0.3 is 4.42 Å². The maximum atomic E-state index is 9.38. The Morgan fingerprint density at radius 1 is 0.412 bits per heavy atom. The average Bonchev–Trinajstić information content (AvgIpc) is 3.61. The Balaban J connectivity index is 1.24. The molecule has 0 atom stereocenters. The summed E-state index contributed by atoms with van der Waals surface area (Å²) in [7, 11) is 0. The lowest BCUT2D eigenvalue weighted by atomic mass is 9.94. The quantitative estimate of drug-likeness (QED) is 0.177. The number of aromatic nitrogens is 4. The molecule has 0 amide bonds. The highest BCUT2D eigenvalue weighted by atomic mass is 16.3. The Morgan fingerprint density at radius 2 is 0.922 bits per heavy atom. The van der Waals surface area contributed by atoms with E-state index in [0.717, 1.165) is 72.0 Å². The molecule has 0 aliphatic heterocycles. The van der Waals surface area contributed by atoms with E-state index in [4.69, 9.17) is 19.4 Å². The van der Waals surface area contributed by atoms with Gasteiger partial charge in [0, 0.05) is 56.5 Å². The van der Waals surface area contributed by atoms with E-state index in [1.807, 2.05) is 72.9 Å². The monoisotopic (exact) mass is 653 g/mol. The third-order valence-corrected chi connectivity index (χ3v) is 9.11. The second kappa shape index (κ2) is 12.7. The number of furan rings is 1. The van der Waals surface area contributed by atoms with Crippen molar-refractivity contribution in [2.75, 3.05) is 0 Å². The molecule has 0 saturated carbocycles. The standard InChI is InChI=1S/C45H27N5O/c46-27-29-22-24-31(25-23-29)44-48-43(30-11-2-1-3-12-30)49-45(50-44)40-17-7-6-16-35(40)37-19-9-21-39-38-20-8-18-36(41(38)51-42(37)39)34-15-5-4-14-33(34)32-13-10-26-47-28-32/h1-26,28H. The lowest BCUT2D eigenvalue weighted by Gasteiger charge is -2.12. The van der Waals surface area contributed by atoms with Crippen molar-refractivity contribution in [3.8, 4) is 73.6 Å². The van der Waals surface area contributed by atoms with Crippen LogP contribution in [-0.4, -0.2) is 19.9 Å². The number of para-hydroxylation sites is 2. The SMILES string of the molecule is N#Cc1ccc(-c2nc(-c3ccccc3)nc(-c3ccccc3-c3cccc4c3oc3c(-c5ccccc5-c5cccnc5)cccc34)n2)cc1. The molecule has 51 heavy (non-hydrogen) atoms. The van der Waals surface area contributed by atoms with Gasteiger partial charge in [-0.2, -0.15) is 5.26 Å². The Morgan fingerprint density at radius 3 is 1.53 bits per heavy atom. The fraction of sp³-hybridized carbons (Fsp3) is 0. The highest BCUT2D eigenvalue weighted by molar-refractivity contribution is 6.14. The molecule has 0 fully saturated rings. The van der Waals surface area contributed by atoms with Crippen LogP contribution in [0.2, 0.25) is 0 Å². The van der Waals surface area contributed by atoms with Crippen molar-refractivity contribution in [3.05, 3.63) is 170 Å². The molecule has 0 saturated heterocycles. The lowest BCUT2D eigenvalue weighted by Crippen LogP contribution is -2.01. The Labute approximate surface area is 294 Å². The van der Waals surface area contributed by atoms with Gasteiger partial charge in [-0.1, -0.05) is 121 Å². The van der Waals surface area contributed by atoms with Crippen LogP contribution in [0, 0.1) is 11.3 Å². The summed E-state index contributed by atoms with van der Waals surface area (Å²) in [5.41, 5.74) is 10.8. The van der Waals surface area contributed by atoms with Gasteiger partial charge in [0.2, 0.25) is 0 Å². The van der Waals surface area contributed by atoms with E-state index >= 15 is 0 Å². The molecule has 6 nitrogen and oxygen atoms in total. The first kappa shape index (κ1) is 29.9. The molecular weight excluding hydrogens is 627 g/mol. The number of fused-ring (bicyclic) bond motifs is 3. The first-order valence-corrected chi connectivity index (χ1v) is 16.6. The lowest BCUT2D eigenvalue weighted by molar-refractivity contribution is 0.671. The summed E-state index contributed by atoms with van der Waals surface area (Å²) in [5, 5.41) is 11.4. The zero-order valence-corrected chi connectivity index (χ0v) is 27.2. The van der Waals surface area contributed by atoms with Gasteiger partial charge in [-0.05, 0) is 47.0 Å². The van der Waals surface area contributed by atoms with Crippen molar-refractivity contribution in [1.29, 1.82) is 5.26 Å². The van der Waals surface area contributed by atoms with Crippen molar-refractivity contribution in [1.82, 2.24) is 19.9 Å². The fourth-order valence-corrected chi connectivity index (χ4v) is 6.68. The summed E-state index contributed by atoms with van der Waals surface area (Å²) < 4.78 is 6.92. The molecule has 9 aromatic rings. The maximum absolute atomic E-state index is 9.38. The largest absolute Gasteiger partial charge is 0.455 e. The van der Waals surface area contributed by atoms with Crippen molar-refractivity contribution in [3.63, 3.8) is 0 Å². The zero-order valence-electron chi connectivity index (χ0n) is 27.2. The number of pyridine rings is 1. The van der Waals surface area contributed by atoms with Crippen LogP contribution >= 0.6 is 0 Å². The molecule has 0 N–H and O–H groups in total. The molecule has 0 aliphatic carbocycles. The van der Waals surface area contributed by atoms with E-state index < -0.39 is 0 Å². The van der Waals surface area contributed by atoms with Crippen LogP contribution in [0.25, 0.3) is 89.5 Å². The Bertz CT molecular complexity index is 2750. The molecule has 6 aromatic carbocycles. The van der Waals surface area contributed by atoms with E-state index in [2.05, 4.69) is 83.8 Å². The van der Waals surface area contributed by atoms with E-state index in [-0.39, 0.29) is 0 Å². The predicted molar refractivity (Wildman–Crippen MR) is 202 cm³/mol. The van der Waals surface area contributed by atoms with Gasteiger partial charge in [0.15, 0.2) is 17.5 Å². The second-order valence-corrected chi connectivity index (χ2v) is 12.2. The zero-order chi connectivity index (χ0) is 34.1. The third kappa shape index (κ3) is 5.40. The number of hydrogen-bond donors (Lipinski definition) is 0. The highest BCUT2D eigenvalue weighted by Gasteiger charge is 2.21. The van der Waals surface area contributed by atoms with Gasteiger partial charge >= 0.3 is 0 Å². The molecule has 6 heteroatoms. The van der Waals surface area contributed by atoms with Crippen LogP contribution in [0.1, 0.15) is 5.56 Å². The van der Waals surface area contributed by atoms with E-state index in [1.54, 1.807) is 18.3 Å². The summed E-state index contributed by atoms with van der Waals surface area (Å²) >= 11 is 0. The van der Waals surface area contributed by atoms with Crippen LogP contribution < -0.4 is 0 Å². The minimum absolute atomic E-state index is 0.525. The summed E-state index contributed by atoms with van der Waals surface area (Å²) in [5.74, 6) is 1.63. The van der Waals surface area contributed by atoms with Gasteiger partial charge in [-0.25, -0.2) is 15.0 Å². The summed E-state index contributed by atoms with van der Waals surface area (Å²) in [6.07, 6.45) is 3.68. The van der Waals surface area contributed by atoms with Crippen LogP contribution in [0.4, 0.5) is 0 Å². The molecule has 3 heterocycles. The number of nitriles is 1. The number of hydrogen-bond acceptors (Lipinski definition) is 6. The molecule has 0 spiro atoms. The molecule has 0 bridgehead atoms. The smallest absolute Gasteiger partial charge is 0.164 e. The molecule has 0 aliphatic rings. The van der Waals surface area contributed by atoms with Gasteiger partial charge in [0.05, 0.1) is 11.6 Å². The van der Waals surface area contributed by atoms with Crippen molar-refractivity contribution >= 4 is 21.9 Å². The maximum Gasteiger partial charge on any atom is 0.164 e. The van der Waals surface area contributed by atoms with Gasteiger partial charge in [-0.15, -0.1) is 0 Å². The molecule has 9 rings (SSSR count). The van der Waals surface area contributed by atoms with E-state index in [1.165, 1.54) is 0 Å². The average molecular weight is 654 g/mol. The van der Waals surface area contributed by atoms with Crippen LogP contribution in [0.15, 0.2) is 168 Å². The highest BCUT2D eigenvalue weighted by Crippen LogP contribution is 2.43. The first-order valence-electron chi connectivity index (χ1n) is 16.6. The van der Waals surface area contributed by atoms with Crippen molar-refractivity contribution in [2.45, 2.75) is 0 Å². The first-order chi connectivity index (χ1) is 25.2. The molecule has 0 radical (unpaired) electrons. The third-order valence-electron chi connectivity index (χ3n) is 9.11. The number of rotatable bonds is 6. The Kier molecular flexibility index (Phi) is 7.42. The summed E-state index contributed by atoms with van der Waals surface area (Å²) in [4.78, 5) is 19.3. The predicted octanol–water partition coefficient (Wildman–Crippen LogP) is 11.0. The van der Waals surface area contributed by atoms with Crippen molar-refractivity contribution in [2.24, 2.45) is 0 Å². The van der Waals surface area contributed by atoms with E-state index in [9.17, 15) is 5.26 Å². The second-order valence-electron chi connectivity index (χ2n) is 12.2. The minimum atomic E-state index is 0.525. The number of benzene rings is 6. The minimum Gasteiger partial charge on any atom is -0.455 e. The molecule has 3 aromatic heterocycles. The summed E-state index contributed by atoms with van der Waals surface area (Å²) in [6.45, 7) is 0. The van der Waals surface area contributed by atoms with Crippen LogP contribution in [0.3, 0.4) is 0 Å². The van der Waals surface area contributed by atoms with Gasteiger partial charge in [-0.3, -0.25) is 4.98 Å². The number of nitrogens with zero attached hydrogens (tertiary/aromatic N) is 5. The topological polar surface area (TPSA) is 88.5 Å². The Hall–Kier alpha value is -7.23. The van der Waals surface area contributed by atoms with Gasteiger partial charge in [0.1, 0.15) is 11.2 Å². The summed E-state index contributed by atoms with van der Waals surface area (Å²) in [6, 6.07) is 52.6. The normalized spacial score (nSPS) is 11.1. The molecule has 238 valence electrons. The molecular formula is C45H27N5O. The van der Waals surface area contributed by atoms with E-state index in [0.29, 0.717) is 23.0 Å². The van der Waals surface area contributed by atoms with Crippen LogP contribution in [0.5, 0.6) is 0 Å². The van der Waals surface area contributed by atoms with Crippen LogP contribution in [-0.2, 0) is 0 Å².